The summed E-state index contributed by atoms with van der Waals surface area (Å²) in [6, 6.07) is 0.454. The molecule has 0 amide bonds. The third-order valence-electron chi connectivity index (χ3n) is 4.47. The SMILES string of the molecule is CNC1CC(C)(C)Cc2nc(C3(C)CCCO3)sc21. The van der Waals surface area contributed by atoms with Crippen molar-refractivity contribution in [3.05, 3.63) is 15.6 Å². The zero-order valence-electron chi connectivity index (χ0n) is 12.4. The smallest absolute Gasteiger partial charge is 0.125 e. The van der Waals surface area contributed by atoms with Crippen LogP contribution in [0.5, 0.6) is 0 Å². The second-order valence-corrected chi connectivity index (χ2v) is 7.93. The summed E-state index contributed by atoms with van der Waals surface area (Å²) in [5.41, 5.74) is 1.50. The molecule has 1 fully saturated rings. The minimum Gasteiger partial charge on any atom is -0.368 e. The van der Waals surface area contributed by atoms with Gasteiger partial charge < -0.3 is 10.1 Å². The molecule has 0 spiro atoms. The molecule has 19 heavy (non-hydrogen) atoms. The number of rotatable bonds is 2. The van der Waals surface area contributed by atoms with Gasteiger partial charge in [0, 0.05) is 17.5 Å². The molecular formula is C15H24N2OS. The molecule has 1 N–H and O–H groups in total. The molecule has 1 aliphatic carbocycles. The summed E-state index contributed by atoms with van der Waals surface area (Å²) >= 11 is 1.87. The standard InChI is InChI=1S/C15H24N2OS/c1-14(2)8-10(16-4)12-11(9-14)17-13(19-12)15(3)6-5-7-18-15/h10,16H,5-9H2,1-4H3. The van der Waals surface area contributed by atoms with Crippen LogP contribution in [-0.2, 0) is 16.8 Å². The lowest BCUT2D eigenvalue weighted by molar-refractivity contribution is 0.0165. The molecule has 0 saturated carbocycles. The number of hydrogen-bond acceptors (Lipinski definition) is 4. The van der Waals surface area contributed by atoms with E-state index in [9.17, 15) is 0 Å². The van der Waals surface area contributed by atoms with Crippen molar-refractivity contribution in [1.82, 2.24) is 10.3 Å². The largest absolute Gasteiger partial charge is 0.368 e. The number of fused-ring (bicyclic) bond motifs is 1. The van der Waals surface area contributed by atoms with Gasteiger partial charge in [0.2, 0.25) is 0 Å². The van der Waals surface area contributed by atoms with Gasteiger partial charge >= 0.3 is 0 Å². The van der Waals surface area contributed by atoms with Crippen molar-refractivity contribution in [2.24, 2.45) is 5.41 Å². The first-order valence-corrected chi connectivity index (χ1v) is 8.06. The van der Waals surface area contributed by atoms with E-state index in [4.69, 9.17) is 9.72 Å². The molecule has 1 saturated heterocycles. The number of aromatic nitrogens is 1. The van der Waals surface area contributed by atoms with Crippen LogP contribution in [0.4, 0.5) is 0 Å². The Morgan fingerprint density at radius 3 is 2.79 bits per heavy atom. The third-order valence-corrected chi connectivity index (χ3v) is 5.92. The molecule has 3 rings (SSSR count). The van der Waals surface area contributed by atoms with Gasteiger partial charge in [0.05, 0.1) is 5.69 Å². The highest BCUT2D eigenvalue weighted by Crippen LogP contribution is 2.46. The van der Waals surface area contributed by atoms with Crippen molar-refractivity contribution in [3.63, 3.8) is 0 Å². The van der Waals surface area contributed by atoms with E-state index in [0.29, 0.717) is 11.5 Å². The Hall–Kier alpha value is -0.450. The molecule has 2 atom stereocenters. The average molecular weight is 280 g/mol. The Labute approximate surface area is 119 Å². The molecule has 4 heteroatoms. The summed E-state index contributed by atoms with van der Waals surface area (Å²) in [7, 11) is 2.06. The first-order chi connectivity index (χ1) is 8.93. The van der Waals surface area contributed by atoms with Crippen LogP contribution in [0.25, 0.3) is 0 Å². The molecule has 0 aromatic carbocycles. The first-order valence-electron chi connectivity index (χ1n) is 7.25. The number of hydrogen-bond donors (Lipinski definition) is 1. The van der Waals surface area contributed by atoms with Gasteiger partial charge in [-0.2, -0.15) is 0 Å². The Morgan fingerprint density at radius 2 is 2.16 bits per heavy atom. The molecule has 3 nitrogen and oxygen atoms in total. The predicted octanol–water partition coefficient (Wildman–Crippen LogP) is 3.40. The Morgan fingerprint density at radius 1 is 1.37 bits per heavy atom. The molecular weight excluding hydrogens is 256 g/mol. The van der Waals surface area contributed by atoms with Crippen LogP contribution < -0.4 is 5.32 Å². The molecule has 2 aliphatic rings. The number of nitrogens with zero attached hydrogens (tertiary/aromatic N) is 1. The first kappa shape index (κ1) is 13.5. The van der Waals surface area contributed by atoms with Crippen molar-refractivity contribution in [3.8, 4) is 0 Å². The highest BCUT2D eigenvalue weighted by atomic mass is 32.1. The summed E-state index contributed by atoms with van der Waals surface area (Å²) in [4.78, 5) is 6.39. The normalized spacial score (nSPS) is 33.4. The van der Waals surface area contributed by atoms with Gasteiger partial charge in [-0.05, 0) is 45.1 Å². The van der Waals surface area contributed by atoms with Crippen molar-refractivity contribution < 1.29 is 4.74 Å². The van der Waals surface area contributed by atoms with E-state index < -0.39 is 0 Å². The van der Waals surface area contributed by atoms with E-state index in [0.717, 1.165) is 25.9 Å². The second-order valence-electron chi connectivity index (χ2n) is 6.90. The fourth-order valence-electron chi connectivity index (χ4n) is 3.34. The summed E-state index contributed by atoms with van der Waals surface area (Å²) in [6.07, 6.45) is 4.54. The van der Waals surface area contributed by atoms with Crippen LogP contribution in [0.3, 0.4) is 0 Å². The molecule has 1 aromatic rings. The van der Waals surface area contributed by atoms with Crippen LogP contribution >= 0.6 is 11.3 Å². The lowest BCUT2D eigenvalue weighted by Crippen LogP contribution is -2.30. The Bertz CT molecular complexity index is 474. The zero-order valence-corrected chi connectivity index (χ0v) is 13.2. The minimum atomic E-state index is -0.134. The van der Waals surface area contributed by atoms with Gasteiger partial charge in [-0.3, -0.25) is 0 Å². The van der Waals surface area contributed by atoms with Crippen LogP contribution in [0.2, 0.25) is 0 Å². The van der Waals surface area contributed by atoms with Gasteiger partial charge in [0.1, 0.15) is 10.6 Å². The number of thiazole rings is 1. The van der Waals surface area contributed by atoms with E-state index >= 15 is 0 Å². The van der Waals surface area contributed by atoms with Crippen molar-refractivity contribution >= 4 is 11.3 Å². The maximum atomic E-state index is 5.95. The number of nitrogens with one attached hydrogen (secondary N) is 1. The van der Waals surface area contributed by atoms with Gasteiger partial charge in [0.25, 0.3) is 0 Å². The van der Waals surface area contributed by atoms with Crippen LogP contribution in [-0.4, -0.2) is 18.6 Å². The van der Waals surface area contributed by atoms with Crippen molar-refractivity contribution in [2.75, 3.05) is 13.7 Å². The molecule has 0 bridgehead atoms. The van der Waals surface area contributed by atoms with E-state index in [1.165, 1.54) is 22.0 Å². The minimum absolute atomic E-state index is 0.134. The van der Waals surface area contributed by atoms with Crippen LogP contribution in [0.15, 0.2) is 0 Å². The lowest BCUT2D eigenvalue weighted by atomic mass is 9.76. The Kier molecular flexibility index (Phi) is 3.23. The average Bonchev–Trinajstić information content (AvgIpc) is 2.94. The van der Waals surface area contributed by atoms with Crippen LogP contribution in [0.1, 0.15) is 61.7 Å². The Balaban J connectivity index is 1.98. The molecule has 1 aliphatic heterocycles. The third kappa shape index (κ3) is 2.34. The monoisotopic (exact) mass is 280 g/mol. The van der Waals surface area contributed by atoms with Gasteiger partial charge in [-0.25, -0.2) is 4.98 Å². The topological polar surface area (TPSA) is 34.2 Å². The van der Waals surface area contributed by atoms with E-state index in [-0.39, 0.29) is 5.60 Å². The summed E-state index contributed by atoms with van der Waals surface area (Å²) < 4.78 is 5.95. The van der Waals surface area contributed by atoms with E-state index in [1.807, 2.05) is 11.3 Å². The van der Waals surface area contributed by atoms with Gasteiger partial charge in [0.15, 0.2) is 0 Å². The zero-order chi connectivity index (χ0) is 13.7. The number of ether oxygens (including phenoxy) is 1. The maximum absolute atomic E-state index is 5.95. The van der Waals surface area contributed by atoms with Gasteiger partial charge in [-0.1, -0.05) is 13.8 Å². The summed E-state index contributed by atoms with van der Waals surface area (Å²) in [5.74, 6) is 0. The maximum Gasteiger partial charge on any atom is 0.125 e. The second kappa shape index (κ2) is 4.54. The molecule has 1 aromatic heterocycles. The fraction of sp³-hybridized carbons (Fsp3) is 0.800. The molecule has 106 valence electrons. The van der Waals surface area contributed by atoms with E-state index in [1.54, 1.807) is 0 Å². The predicted molar refractivity (Wildman–Crippen MR) is 78.6 cm³/mol. The summed E-state index contributed by atoms with van der Waals surface area (Å²) in [6.45, 7) is 7.76. The highest BCUT2D eigenvalue weighted by Gasteiger charge is 2.39. The van der Waals surface area contributed by atoms with Crippen molar-refractivity contribution in [2.45, 2.75) is 58.1 Å². The lowest BCUT2D eigenvalue weighted by Gasteiger charge is -2.34. The van der Waals surface area contributed by atoms with Gasteiger partial charge in [-0.15, -0.1) is 11.3 Å². The van der Waals surface area contributed by atoms with Crippen LogP contribution in [0, 0.1) is 5.41 Å². The molecule has 2 unspecified atom stereocenters. The van der Waals surface area contributed by atoms with Crippen molar-refractivity contribution in [1.29, 1.82) is 0 Å². The highest BCUT2D eigenvalue weighted by molar-refractivity contribution is 7.12. The fourth-order valence-corrected chi connectivity index (χ4v) is 4.66. The molecule has 0 radical (unpaired) electrons. The molecule has 2 heterocycles. The summed E-state index contributed by atoms with van der Waals surface area (Å²) in [5, 5.41) is 4.65. The van der Waals surface area contributed by atoms with E-state index in [2.05, 4.69) is 33.1 Å². The quantitative estimate of drug-likeness (QED) is 0.901.